The van der Waals surface area contributed by atoms with E-state index in [4.69, 9.17) is 5.73 Å². The molecule has 1 saturated carbocycles. The minimum Gasteiger partial charge on any atom is -0.330 e. The van der Waals surface area contributed by atoms with Gasteiger partial charge < -0.3 is 11.1 Å². The van der Waals surface area contributed by atoms with Crippen molar-refractivity contribution in [3.05, 3.63) is 16.1 Å². The minimum atomic E-state index is 0.784. The molecule has 0 unspecified atom stereocenters. The summed E-state index contributed by atoms with van der Waals surface area (Å²) in [6, 6.07) is 0. The first-order chi connectivity index (χ1) is 8.81. The van der Waals surface area contributed by atoms with Crippen LogP contribution in [0.15, 0.2) is 5.38 Å². The molecule has 1 aliphatic carbocycles. The Morgan fingerprint density at radius 1 is 1.33 bits per heavy atom. The third kappa shape index (κ3) is 4.04. The van der Waals surface area contributed by atoms with E-state index >= 15 is 0 Å². The van der Waals surface area contributed by atoms with Crippen molar-refractivity contribution in [2.24, 2.45) is 17.6 Å². The van der Waals surface area contributed by atoms with Gasteiger partial charge in [-0.15, -0.1) is 11.3 Å². The fourth-order valence-electron chi connectivity index (χ4n) is 2.67. The summed E-state index contributed by atoms with van der Waals surface area (Å²) in [5, 5.41) is 6.98. The third-order valence-corrected chi connectivity index (χ3v) is 4.98. The molecular formula is C14H25N3S. The van der Waals surface area contributed by atoms with Crippen LogP contribution < -0.4 is 11.1 Å². The maximum absolute atomic E-state index is 5.72. The second-order valence-corrected chi connectivity index (χ2v) is 6.28. The highest BCUT2D eigenvalue weighted by Crippen LogP contribution is 2.27. The lowest BCUT2D eigenvalue weighted by atomic mass is 9.82. The number of nitrogens with zero attached hydrogens (tertiary/aromatic N) is 1. The van der Waals surface area contributed by atoms with Crippen LogP contribution in [0.5, 0.6) is 0 Å². The van der Waals surface area contributed by atoms with Gasteiger partial charge in [0.15, 0.2) is 0 Å². The third-order valence-electron chi connectivity index (χ3n) is 3.94. The Morgan fingerprint density at radius 2 is 2.06 bits per heavy atom. The molecule has 0 bridgehead atoms. The second kappa shape index (κ2) is 7.22. The van der Waals surface area contributed by atoms with Gasteiger partial charge in [-0.1, -0.05) is 6.92 Å². The van der Waals surface area contributed by atoms with Crippen LogP contribution in [-0.4, -0.2) is 18.1 Å². The van der Waals surface area contributed by atoms with Crippen LogP contribution in [0.1, 0.15) is 43.3 Å². The lowest BCUT2D eigenvalue weighted by Gasteiger charge is -2.27. The molecule has 1 fully saturated rings. The normalized spacial score (nSPS) is 24.3. The molecule has 0 radical (unpaired) electrons. The standard InChI is InChI=1S/C14H25N3S/c1-2-14-17-13(10-18-14)9-16-8-12-5-3-11(7-15)4-6-12/h10-12,16H,2-9,15H2,1H3. The molecule has 18 heavy (non-hydrogen) atoms. The SMILES string of the molecule is CCc1nc(CNCC2CCC(CN)CC2)cs1. The van der Waals surface area contributed by atoms with Crippen LogP contribution in [0.25, 0.3) is 0 Å². The van der Waals surface area contributed by atoms with Crippen LogP contribution in [-0.2, 0) is 13.0 Å². The van der Waals surface area contributed by atoms with Crippen LogP contribution in [0.2, 0.25) is 0 Å². The van der Waals surface area contributed by atoms with Gasteiger partial charge in [-0.05, 0) is 57.0 Å². The van der Waals surface area contributed by atoms with Gasteiger partial charge in [0.2, 0.25) is 0 Å². The average Bonchev–Trinajstić information content (AvgIpc) is 2.87. The number of rotatable bonds is 6. The molecule has 102 valence electrons. The number of hydrogen-bond acceptors (Lipinski definition) is 4. The Balaban J connectivity index is 1.63. The summed E-state index contributed by atoms with van der Waals surface area (Å²) in [5.74, 6) is 1.63. The first-order valence-electron chi connectivity index (χ1n) is 7.15. The molecule has 1 heterocycles. The monoisotopic (exact) mass is 267 g/mol. The molecule has 1 aliphatic rings. The highest BCUT2D eigenvalue weighted by Gasteiger charge is 2.19. The molecule has 3 N–H and O–H groups in total. The fourth-order valence-corrected chi connectivity index (χ4v) is 3.41. The smallest absolute Gasteiger partial charge is 0.0926 e. The largest absolute Gasteiger partial charge is 0.330 e. The maximum atomic E-state index is 5.72. The fraction of sp³-hybridized carbons (Fsp3) is 0.786. The van der Waals surface area contributed by atoms with Gasteiger partial charge in [-0.25, -0.2) is 4.98 Å². The predicted molar refractivity (Wildman–Crippen MR) is 77.7 cm³/mol. The zero-order chi connectivity index (χ0) is 12.8. The number of aryl methyl sites for hydroxylation is 1. The van der Waals surface area contributed by atoms with E-state index in [-0.39, 0.29) is 0 Å². The molecule has 1 aromatic rings. The van der Waals surface area contributed by atoms with Crippen molar-refractivity contribution in [1.29, 1.82) is 0 Å². The van der Waals surface area contributed by atoms with Crippen LogP contribution >= 0.6 is 11.3 Å². The van der Waals surface area contributed by atoms with Gasteiger partial charge in [-0.2, -0.15) is 0 Å². The summed E-state index contributed by atoms with van der Waals surface area (Å²) in [4.78, 5) is 4.58. The van der Waals surface area contributed by atoms with Crippen LogP contribution in [0, 0.1) is 11.8 Å². The van der Waals surface area contributed by atoms with E-state index in [1.807, 2.05) is 0 Å². The van der Waals surface area contributed by atoms with Gasteiger partial charge in [0.25, 0.3) is 0 Å². The van der Waals surface area contributed by atoms with E-state index in [0.29, 0.717) is 0 Å². The van der Waals surface area contributed by atoms with Crippen molar-refractivity contribution >= 4 is 11.3 Å². The van der Waals surface area contributed by atoms with Gasteiger partial charge >= 0.3 is 0 Å². The molecule has 0 aromatic carbocycles. The van der Waals surface area contributed by atoms with Crippen molar-refractivity contribution < 1.29 is 0 Å². The Bertz CT molecular complexity index is 343. The topological polar surface area (TPSA) is 50.9 Å². The van der Waals surface area contributed by atoms with Gasteiger partial charge in [0.05, 0.1) is 10.7 Å². The summed E-state index contributed by atoms with van der Waals surface area (Å²) in [6.07, 6.45) is 6.37. The van der Waals surface area contributed by atoms with Crippen molar-refractivity contribution in [2.45, 2.75) is 45.6 Å². The Labute approximate surface area is 114 Å². The predicted octanol–water partition coefficient (Wildman–Crippen LogP) is 2.56. The number of aromatic nitrogens is 1. The van der Waals surface area contributed by atoms with E-state index in [2.05, 4.69) is 22.6 Å². The molecule has 3 nitrogen and oxygen atoms in total. The zero-order valence-corrected chi connectivity index (χ0v) is 12.1. The number of thiazole rings is 1. The average molecular weight is 267 g/mol. The van der Waals surface area contributed by atoms with Crippen LogP contribution in [0.4, 0.5) is 0 Å². The first kappa shape index (κ1) is 14.0. The zero-order valence-electron chi connectivity index (χ0n) is 11.3. The molecule has 2 rings (SSSR count). The summed E-state index contributed by atoms with van der Waals surface area (Å²) >= 11 is 1.77. The van der Waals surface area contributed by atoms with Gasteiger partial charge in [0.1, 0.15) is 0 Å². The van der Waals surface area contributed by atoms with E-state index in [9.17, 15) is 0 Å². The van der Waals surface area contributed by atoms with E-state index < -0.39 is 0 Å². The summed E-state index contributed by atoms with van der Waals surface area (Å²) in [7, 11) is 0. The molecule has 0 saturated heterocycles. The highest BCUT2D eigenvalue weighted by molar-refractivity contribution is 7.09. The quantitative estimate of drug-likeness (QED) is 0.833. The Kier molecular flexibility index (Phi) is 5.60. The van der Waals surface area contributed by atoms with Gasteiger partial charge in [-0.3, -0.25) is 0 Å². The van der Waals surface area contributed by atoms with Gasteiger partial charge in [0, 0.05) is 11.9 Å². The van der Waals surface area contributed by atoms with E-state index in [1.54, 1.807) is 11.3 Å². The van der Waals surface area contributed by atoms with Crippen LogP contribution in [0.3, 0.4) is 0 Å². The summed E-state index contributed by atoms with van der Waals surface area (Å²) in [6.45, 7) is 5.09. The Morgan fingerprint density at radius 3 is 2.67 bits per heavy atom. The van der Waals surface area contributed by atoms with E-state index in [1.165, 1.54) is 36.4 Å². The molecule has 0 aliphatic heterocycles. The van der Waals surface area contributed by atoms with Crippen molar-refractivity contribution in [3.63, 3.8) is 0 Å². The molecule has 0 spiro atoms. The number of nitrogens with two attached hydrogens (primary N) is 1. The molecule has 1 aromatic heterocycles. The molecule has 0 atom stereocenters. The highest BCUT2D eigenvalue weighted by atomic mass is 32.1. The number of hydrogen-bond donors (Lipinski definition) is 2. The lowest BCUT2D eigenvalue weighted by Crippen LogP contribution is -2.28. The molecular weight excluding hydrogens is 242 g/mol. The number of nitrogens with one attached hydrogen (secondary N) is 1. The molecule has 4 heteroatoms. The minimum absolute atomic E-state index is 0.784. The van der Waals surface area contributed by atoms with Crippen molar-refractivity contribution in [1.82, 2.24) is 10.3 Å². The van der Waals surface area contributed by atoms with Crippen molar-refractivity contribution in [2.75, 3.05) is 13.1 Å². The summed E-state index contributed by atoms with van der Waals surface area (Å²) < 4.78 is 0. The lowest BCUT2D eigenvalue weighted by molar-refractivity contribution is 0.272. The maximum Gasteiger partial charge on any atom is 0.0926 e. The first-order valence-corrected chi connectivity index (χ1v) is 8.03. The molecule has 0 amide bonds. The second-order valence-electron chi connectivity index (χ2n) is 5.34. The van der Waals surface area contributed by atoms with Crippen molar-refractivity contribution in [3.8, 4) is 0 Å². The summed E-state index contributed by atoms with van der Waals surface area (Å²) in [5.41, 5.74) is 6.92. The van der Waals surface area contributed by atoms with E-state index in [0.717, 1.165) is 37.9 Å². The Hall–Kier alpha value is -0.450.